The van der Waals surface area contributed by atoms with Crippen LogP contribution in [0.2, 0.25) is 0 Å². The van der Waals surface area contributed by atoms with E-state index in [2.05, 4.69) is 15.0 Å². The molecule has 0 aromatic carbocycles. The van der Waals surface area contributed by atoms with E-state index in [1.54, 1.807) is 0 Å². The molecule has 2 aromatic rings. The molecular weight excluding hydrogens is 349 g/mol. The van der Waals surface area contributed by atoms with Gasteiger partial charge in [-0.1, -0.05) is 0 Å². The van der Waals surface area contributed by atoms with Gasteiger partial charge in [0.25, 0.3) is 11.5 Å². The highest BCUT2D eigenvalue weighted by Crippen LogP contribution is 2.41. The maximum atomic E-state index is 12.6. The largest absolute Gasteiger partial charge is 0.388 e. The molecule has 0 aliphatic carbocycles. The van der Waals surface area contributed by atoms with E-state index < -0.39 is 50.2 Å². The normalized spacial score (nSPS) is 27.8. The number of hydrogen-bond acceptors (Lipinski definition) is 9. The molecular formula is C10H14N5O8P. The summed E-state index contributed by atoms with van der Waals surface area (Å²) in [6, 6.07) is 0. The van der Waals surface area contributed by atoms with Gasteiger partial charge in [-0.05, 0) is 0 Å². The number of fused-ring (bicyclic) bond motifs is 1. The van der Waals surface area contributed by atoms with Gasteiger partial charge in [0.1, 0.15) is 6.10 Å². The molecule has 0 unspecified atom stereocenters. The molecule has 0 amide bonds. The molecule has 24 heavy (non-hydrogen) atoms. The zero-order valence-electron chi connectivity index (χ0n) is 11.9. The molecule has 0 spiro atoms. The van der Waals surface area contributed by atoms with Crippen LogP contribution in [0.4, 0.5) is 5.95 Å². The predicted molar refractivity (Wildman–Crippen MR) is 76.5 cm³/mol. The van der Waals surface area contributed by atoms with Crippen molar-refractivity contribution in [3.8, 4) is 0 Å². The Morgan fingerprint density at radius 1 is 1.54 bits per heavy atom. The molecule has 0 saturated carbocycles. The highest BCUT2D eigenvalue weighted by Gasteiger charge is 2.55. The summed E-state index contributed by atoms with van der Waals surface area (Å²) in [6.07, 6.45) is -3.34. The fourth-order valence-corrected chi connectivity index (χ4v) is 2.75. The first-order chi connectivity index (χ1) is 11.2. The Balaban J connectivity index is 2.20. The van der Waals surface area contributed by atoms with Crippen molar-refractivity contribution >= 4 is 24.7 Å². The molecule has 1 aliphatic rings. The zero-order valence-corrected chi connectivity index (χ0v) is 12.8. The first-order valence-electron chi connectivity index (χ1n) is 6.56. The lowest BCUT2D eigenvalue weighted by atomic mass is 10.2. The van der Waals surface area contributed by atoms with Crippen molar-refractivity contribution in [2.75, 3.05) is 18.7 Å². The number of nitrogens with two attached hydrogens (primary N) is 1. The van der Waals surface area contributed by atoms with Crippen LogP contribution in [-0.2, 0) is 19.9 Å². The minimum Gasteiger partial charge on any atom is -0.388 e. The number of nitrogens with one attached hydrogen (secondary N) is 1. The van der Waals surface area contributed by atoms with Gasteiger partial charge in [0.05, 0.1) is 12.9 Å². The molecule has 1 saturated heterocycles. The van der Waals surface area contributed by atoms with Gasteiger partial charge >= 0.3 is 7.60 Å². The lowest BCUT2D eigenvalue weighted by Gasteiger charge is -2.33. The van der Waals surface area contributed by atoms with E-state index in [1.807, 2.05) is 0 Å². The minimum absolute atomic E-state index is 0.00748. The highest BCUT2D eigenvalue weighted by atomic mass is 31.2. The second-order valence-corrected chi connectivity index (χ2v) is 6.69. The van der Waals surface area contributed by atoms with Crippen LogP contribution in [-0.4, -0.2) is 64.7 Å². The van der Waals surface area contributed by atoms with Gasteiger partial charge in [0.15, 0.2) is 23.6 Å². The summed E-state index contributed by atoms with van der Waals surface area (Å²) in [7, 11) is -4.69. The lowest BCUT2D eigenvalue weighted by Crippen LogP contribution is -2.53. The average molecular weight is 363 g/mol. The molecule has 0 radical (unpaired) electrons. The first-order valence-corrected chi connectivity index (χ1v) is 8.36. The summed E-state index contributed by atoms with van der Waals surface area (Å²) in [6.45, 7) is -0.463. The third kappa shape index (κ3) is 2.61. The van der Waals surface area contributed by atoms with Crippen LogP contribution in [0.15, 0.2) is 11.1 Å². The number of rotatable bonds is 4. The van der Waals surface area contributed by atoms with Gasteiger partial charge in [-0.25, -0.2) is 9.55 Å². The van der Waals surface area contributed by atoms with Crippen LogP contribution in [0, 0.1) is 0 Å². The fraction of sp³-hybridized carbons (Fsp3) is 0.500. The molecule has 1 fully saturated rings. The molecule has 0 bridgehead atoms. The molecule has 7 N–H and O–H groups in total. The standard InChI is InChI=1S/C10H14N5O8P/c11-9-14-7-5(12-2-13-7)8(18)15(9)10(23-3-24(19,20)21)6(17)4(16)1-22-10/h2,4,6,16-17H,1,3H2,(H2,11,14)(H,12,13)(H2,19,20,21)/t4-,6-,10+/m1/s1. The van der Waals surface area contributed by atoms with Crippen molar-refractivity contribution in [3.05, 3.63) is 16.7 Å². The molecule has 132 valence electrons. The molecule has 1 aliphatic heterocycles. The number of aromatic nitrogens is 4. The number of ether oxygens (including phenoxy) is 2. The molecule has 2 aromatic heterocycles. The summed E-state index contributed by atoms with van der Waals surface area (Å²) in [4.78, 5) is 40.8. The Labute approximate surface area is 132 Å². The van der Waals surface area contributed by atoms with Gasteiger partial charge in [-0.15, -0.1) is 0 Å². The second kappa shape index (κ2) is 5.60. The van der Waals surface area contributed by atoms with E-state index >= 15 is 0 Å². The molecule has 3 atom stereocenters. The van der Waals surface area contributed by atoms with Crippen LogP contribution >= 0.6 is 7.60 Å². The monoisotopic (exact) mass is 363 g/mol. The van der Waals surface area contributed by atoms with Crippen LogP contribution in [0.5, 0.6) is 0 Å². The maximum Gasteiger partial charge on any atom is 0.351 e. The van der Waals surface area contributed by atoms with Gasteiger partial charge in [-0.2, -0.15) is 4.98 Å². The Bertz CT molecular complexity index is 876. The molecule has 13 nitrogen and oxygen atoms in total. The fourth-order valence-electron chi connectivity index (χ4n) is 2.39. The molecule has 3 heterocycles. The van der Waals surface area contributed by atoms with Crippen LogP contribution < -0.4 is 11.3 Å². The van der Waals surface area contributed by atoms with Gasteiger partial charge < -0.3 is 40.2 Å². The minimum atomic E-state index is -4.69. The van der Waals surface area contributed by atoms with E-state index in [9.17, 15) is 19.6 Å². The smallest absolute Gasteiger partial charge is 0.351 e. The van der Waals surface area contributed by atoms with Crippen molar-refractivity contribution in [2.24, 2.45) is 0 Å². The zero-order chi connectivity index (χ0) is 17.7. The molecule has 14 heteroatoms. The Morgan fingerprint density at radius 2 is 2.25 bits per heavy atom. The van der Waals surface area contributed by atoms with Crippen molar-refractivity contribution in [3.63, 3.8) is 0 Å². The summed E-state index contributed by atoms with van der Waals surface area (Å²) >= 11 is 0. The summed E-state index contributed by atoms with van der Waals surface area (Å²) < 4.78 is 21.9. The van der Waals surface area contributed by atoms with Crippen LogP contribution in [0.1, 0.15) is 0 Å². The van der Waals surface area contributed by atoms with E-state index in [0.717, 1.165) is 0 Å². The van der Waals surface area contributed by atoms with E-state index in [4.69, 9.17) is 25.0 Å². The van der Waals surface area contributed by atoms with E-state index in [-0.39, 0.29) is 11.2 Å². The van der Waals surface area contributed by atoms with Gasteiger partial charge in [0.2, 0.25) is 5.95 Å². The quantitative estimate of drug-likeness (QED) is 0.306. The number of aromatic amines is 1. The van der Waals surface area contributed by atoms with Gasteiger partial charge in [0, 0.05) is 0 Å². The number of nitrogen functional groups attached to an aromatic ring is 1. The maximum absolute atomic E-state index is 12.6. The van der Waals surface area contributed by atoms with Crippen molar-refractivity contribution in [1.29, 1.82) is 0 Å². The lowest BCUT2D eigenvalue weighted by molar-refractivity contribution is -0.298. The average Bonchev–Trinajstić information content (AvgIpc) is 3.05. The molecule has 3 rings (SSSR count). The Morgan fingerprint density at radius 3 is 2.83 bits per heavy atom. The third-order valence-corrected chi connectivity index (χ3v) is 3.90. The highest BCUT2D eigenvalue weighted by molar-refractivity contribution is 7.51. The Hall–Kier alpha value is -1.86. The van der Waals surface area contributed by atoms with E-state index in [1.165, 1.54) is 6.33 Å². The topological polar surface area (TPSA) is 206 Å². The first kappa shape index (κ1) is 17.0. The number of H-pyrrole nitrogens is 1. The number of anilines is 1. The number of hydrogen-bond donors (Lipinski definition) is 6. The summed E-state index contributed by atoms with van der Waals surface area (Å²) in [5.41, 5.74) is 4.74. The number of aliphatic hydroxyl groups is 2. The van der Waals surface area contributed by atoms with E-state index in [0.29, 0.717) is 4.57 Å². The summed E-state index contributed by atoms with van der Waals surface area (Å²) in [5.74, 6) is -2.94. The van der Waals surface area contributed by atoms with Crippen LogP contribution in [0.25, 0.3) is 11.2 Å². The van der Waals surface area contributed by atoms with Crippen molar-refractivity contribution < 1.29 is 34.0 Å². The number of nitrogens with zero attached hydrogens (tertiary/aromatic N) is 3. The summed E-state index contributed by atoms with van der Waals surface area (Å²) in [5, 5.41) is 19.9. The van der Waals surface area contributed by atoms with Crippen molar-refractivity contribution in [2.45, 2.75) is 18.1 Å². The SMILES string of the molecule is Nc1nc2nc[nH]c2c(=O)n1[C@]1(OCP(=O)(O)O)OC[C@@H](O)[C@H]1O. The van der Waals surface area contributed by atoms with Crippen LogP contribution in [0.3, 0.4) is 0 Å². The Kier molecular flexibility index (Phi) is 3.96. The van der Waals surface area contributed by atoms with Gasteiger partial charge in [-0.3, -0.25) is 9.36 Å². The second-order valence-electron chi connectivity index (χ2n) is 5.10. The number of imidazole rings is 1. The third-order valence-electron chi connectivity index (χ3n) is 3.44. The van der Waals surface area contributed by atoms with Crippen molar-refractivity contribution in [1.82, 2.24) is 19.5 Å². The predicted octanol–water partition coefficient (Wildman–Crippen LogP) is -2.78. The number of aliphatic hydroxyl groups excluding tert-OH is 2.